The van der Waals surface area contributed by atoms with Crippen molar-refractivity contribution in [2.75, 3.05) is 0 Å². The molecule has 0 bridgehead atoms. The van der Waals surface area contributed by atoms with Crippen LogP contribution in [0.2, 0.25) is 0 Å². The van der Waals surface area contributed by atoms with E-state index in [1.165, 1.54) is 57.8 Å². The Bertz CT molecular complexity index is 591. The number of aliphatic hydroxyl groups excluding tert-OH is 1. The summed E-state index contributed by atoms with van der Waals surface area (Å²) in [5, 5.41) is 10.2. The highest BCUT2D eigenvalue weighted by Gasteiger charge is 2.59. The lowest BCUT2D eigenvalue weighted by Gasteiger charge is -2.58. The lowest BCUT2D eigenvalue weighted by Crippen LogP contribution is -2.50. The molecule has 3 saturated carbocycles. The summed E-state index contributed by atoms with van der Waals surface area (Å²) in [6.07, 6.45) is 17.2. The number of hydrogen-bond donors (Lipinski definition) is 1. The predicted molar refractivity (Wildman–Crippen MR) is 119 cm³/mol. The first-order chi connectivity index (χ1) is 13.3. The van der Waals surface area contributed by atoms with Crippen molar-refractivity contribution in [3.8, 4) is 0 Å². The highest BCUT2D eigenvalue weighted by atomic mass is 16.3. The summed E-state index contributed by atoms with van der Waals surface area (Å²) in [5.74, 6) is 5.46. The molecular weight excluding hydrogens is 340 g/mol. The predicted octanol–water partition coefficient (Wildman–Crippen LogP) is 7.39. The number of allylic oxidation sites excluding steroid dienone is 1. The maximum absolute atomic E-state index is 10.2. The Morgan fingerprint density at radius 1 is 1.00 bits per heavy atom. The molecule has 160 valence electrons. The number of aliphatic hydroxyl groups is 1. The Kier molecular flexibility index (Phi) is 5.80. The lowest BCUT2D eigenvalue weighted by molar-refractivity contribution is -0.0573. The second-order valence-corrected chi connectivity index (χ2v) is 12.2. The second-order valence-electron chi connectivity index (χ2n) is 12.2. The molecule has 4 rings (SSSR count). The van der Waals surface area contributed by atoms with Gasteiger partial charge in [0.1, 0.15) is 0 Å². The molecule has 0 aromatic heterocycles. The van der Waals surface area contributed by atoms with E-state index in [-0.39, 0.29) is 6.10 Å². The van der Waals surface area contributed by atoms with Gasteiger partial charge in [-0.2, -0.15) is 0 Å². The molecule has 1 N–H and O–H groups in total. The van der Waals surface area contributed by atoms with Crippen molar-refractivity contribution in [3.05, 3.63) is 11.6 Å². The summed E-state index contributed by atoms with van der Waals surface area (Å²) < 4.78 is 0. The summed E-state index contributed by atoms with van der Waals surface area (Å²) in [5.41, 5.74) is 2.60. The second kappa shape index (κ2) is 7.75. The molecule has 0 aromatic rings. The van der Waals surface area contributed by atoms with E-state index in [9.17, 15) is 5.11 Å². The summed E-state index contributed by atoms with van der Waals surface area (Å²) >= 11 is 0. The molecular formula is C27H46O. The molecule has 1 nitrogen and oxygen atoms in total. The first-order valence-electron chi connectivity index (χ1n) is 12.6. The van der Waals surface area contributed by atoms with Gasteiger partial charge in [-0.15, -0.1) is 0 Å². The Balaban J connectivity index is 1.49. The zero-order valence-electron chi connectivity index (χ0n) is 19.3. The van der Waals surface area contributed by atoms with Crippen molar-refractivity contribution in [2.45, 2.75) is 111 Å². The third-order valence-corrected chi connectivity index (χ3v) is 10.3. The molecule has 4 aliphatic carbocycles. The fourth-order valence-corrected chi connectivity index (χ4v) is 8.67. The standard InChI is InChI=1S/C27H46O/c1-18(2)7-6-8-19(3)23-11-12-24-22-10-9-20-17-21(28)13-15-26(20,4)25(22)14-16-27(23,24)5/h9,18-19,21-25,28H,6-8,10-17H2,1-5H3/t19-,21?,22?,23?,24?,25?,26?,27?/m1/s1. The first kappa shape index (κ1) is 21.0. The molecule has 28 heavy (non-hydrogen) atoms. The molecule has 0 heterocycles. The molecule has 8 atom stereocenters. The van der Waals surface area contributed by atoms with Gasteiger partial charge in [-0.25, -0.2) is 0 Å². The van der Waals surface area contributed by atoms with Gasteiger partial charge >= 0.3 is 0 Å². The minimum absolute atomic E-state index is 0.0766. The van der Waals surface area contributed by atoms with E-state index in [1.54, 1.807) is 5.57 Å². The van der Waals surface area contributed by atoms with Crippen LogP contribution in [0.4, 0.5) is 0 Å². The van der Waals surface area contributed by atoms with Crippen LogP contribution in [0.25, 0.3) is 0 Å². The van der Waals surface area contributed by atoms with Crippen LogP contribution in [0.3, 0.4) is 0 Å². The Hall–Kier alpha value is -0.300. The van der Waals surface area contributed by atoms with Gasteiger partial charge in [0.25, 0.3) is 0 Å². The van der Waals surface area contributed by atoms with Crippen LogP contribution in [0, 0.1) is 46.3 Å². The molecule has 0 aromatic carbocycles. The Labute approximate surface area is 174 Å². The monoisotopic (exact) mass is 386 g/mol. The van der Waals surface area contributed by atoms with E-state index in [2.05, 4.69) is 40.7 Å². The van der Waals surface area contributed by atoms with Crippen molar-refractivity contribution in [2.24, 2.45) is 46.3 Å². The van der Waals surface area contributed by atoms with Crippen molar-refractivity contribution in [1.29, 1.82) is 0 Å². The van der Waals surface area contributed by atoms with Crippen LogP contribution >= 0.6 is 0 Å². The smallest absolute Gasteiger partial charge is 0.0577 e. The molecule has 4 aliphatic rings. The maximum atomic E-state index is 10.2. The quantitative estimate of drug-likeness (QED) is 0.488. The van der Waals surface area contributed by atoms with E-state index in [0.717, 1.165) is 48.3 Å². The van der Waals surface area contributed by atoms with Gasteiger partial charge in [-0.05, 0) is 97.7 Å². The summed E-state index contributed by atoms with van der Waals surface area (Å²) in [7, 11) is 0. The average molecular weight is 387 g/mol. The first-order valence-corrected chi connectivity index (χ1v) is 12.6. The van der Waals surface area contributed by atoms with Gasteiger partial charge in [0.2, 0.25) is 0 Å². The summed E-state index contributed by atoms with van der Waals surface area (Å²) in [6.45, 7) is 12.6. The highest BCUT2D eigenvalue weighted by molar-refractivity contribution is 5.25. The fraction of sp³-hybridized carbons (Fsp3) is 0.926. The number of fused-ring (bicyclic) bond motifs is 5. The topological polar surface area (TPSA) is 20.2 Å². The van der Waals surface area contributed by atoms with Crippen LogP contribution in [-0.2, 0) is 0 Å². The van der Waals surface area contributed by atoms with Crippen molar-refractivity contribution < 1.29 is 5.11 Å². The maximum Gasteiger partial charge on any atom is 0.0577 e. The van der Waals surface area contributed by atoms with Gasteiger partial charge in [0.05, 0.1) is 6.10 Å². The van der Waals surface area contributed by atoms with E-state index in [1.807, 2.05) is 0 Å². The molecule has 0 saturated heterocycles. The van der Waals surface area contributed by atoms with Gasteiger partial charge in [-0.1, -0.05) is 65.5 Å². The zero-order chi connectivity index (χ0) is 20.1. The normalized spacial score (nSPS) is 46.5. The van der Waals surface area contributed by atoms with Crippen molar-refractivity contribution in [3.63, 3.8) is 0 Å². The van der Waals surface area contributed by atoms with Crippen molar-refractivity contribution >= 4 is 0 Å². The fourth-order valence-electron chi connectivity index (χ4n) is 8.67. The van der Waals surface area contributed by atoms with Gasteiger partial charge in [0, 0.05) is 0 Å². The van der Waals surface area contributed by atoms with Crippen LogP contribution in [-0.4, -0.2) is 11.2 Å². The average Bonchev–Trinajstić information content (AvgIpc) is 2.99. The van der Waals surface area contributed by atoms with Crippen LogP contribution in [0.15, 0.2) is 11.6 Å². The van der Waals surface area contributed by atoms with Gasteiger partial charge in [-0.3, -0.25) is 0 Å². The minimum Gasteiger partial charge on any atom is -0.393 e. The van der Waals surface area contributed by atoms with E-state index in [4.69, 9.17) is 0 Å². The largest absolute Gasteiger partial charge is 0.393 e. The molecule has 0 amide bonds. The highest BCUT2D eigenvalue weighted by Crippen LogP contribution is 2.67. The SMILES string of the molecule is CC(C)CCC[C@@H](C)C1CCC2C3CC=C4CC(O)CCC4(C)C3CCC21C. The molecule has 3 fully saturated rings. The van der Waals surface area contributed by atoms with E-state index >= 15 is 0 Å². The van der Waals surface area contributed by atoms with Crippen LogP contribution in [0.1, 0.15) is 105 Å². The van der Waals surface area contributed by atoms with Crippen molar-refractivity contribution in [1.82, 2.24) is 0 Å². The molecule has 0 spiro atoms. The molecule has 0 aliphatic heterocycles. The van der Waals surface area contributed by atoms with E-state index < -0.39 is 0 Å². The van der Waals surface area contributed by atoms with Crippen LogP contribution in [0.5, 0.6) is 0 Å². The lowest BCUT2D eigenvalue weighted by atomic mass is 9.47. The summed E-state index contributed by atoms with van der Waals surface area (Å²) in [4.78, 5) is 0. The third-order valence-electron chi connectivity index (χ3n) is 10.3. The third kappa shape index (κ3) is 3.42. The van der Waals surface area contributed by atoms with E-state index in [0.29, 0.717) is 10.8 Å². The van der Waals surface area contributed by atoms with Crippen LogP contribution < -0.4 is 0 Å². The summed E-state index contributed by atoms with van der Waals surface area (Å²) in [6, 6.07) is 0. The van der Waals surface area contributed by atoms with Gasteiger partial charge < -0.3 is 5.11 Å². The zero-order valence-corrected chi connectivity index (χ0v) is 19.3. The number of hydrogen-bond acceptors (Lipinski definition) is 1. The Morgan fingerprint density at radius 2 is 1.79 bits per heavy atom. The molecule has 7 unspecified atom stereocenters. The molecule has 1 heteroatoms. The Morgan fingerprint density at radius 3 is 2.54 bits per heavy atom. The minimum atomic E-state index is -0.0766. The number of rotatable bonds is 5. The molecule has 0 radical (unpaired) electrons. The van der Waals surface area contributed by atoms with Gasteiger partial charge in [0.15, 0.2) is 0 Å².